The number of phenols is 1. The molecular weight excluding hydrogens is 400 g/mol. The van der Waals surface area contributed by atoms with E-state index in [9.17, 15) is 5.11 Å². The number of aryl methyl sites for hydroxylation is 1. The smallest absolute Gasteiger partial charge is 0.115 e. The molecule has 6 rings (SSSR count). The molecule has 5 aromatic carbocycles. The third-order valence-electron chi connectivity index (χ3n) is 6.94. The zero-order valence-corrected chi connectivity index (χ0v) is 18.5. The van der Waals surface area contributed by atoms with Crippen molar-refractivity contribution in [3.8, 4) is 28.0 Å². The van der Waals surface area contributed by atoms with Gasteiger partial charge in [0.15, 0.2) is 0 Å². The Morgan fingerprint density at radius 3 is 1.88 bits per heavy atom. The molecule has 1 nitrogen and oxygen atoms in total. The molecule has 33 heavy (non-hydrogen) atoms. The molecule has 1 N–H and O–H groups in total. The van der Waals surface area contributed by atoms with Crippen LogP contribution in [0.15, 0.2) is 121 Å². The lowest BCUT2D eigenvalue weighted by atomic mass is 9.67. The third kappa shape index (κ3) is 2.93. The van der Waals surface area contributed by atoms with Gasteiger partial charge in [-0.1, -0.05) is 109 Å². The first-order valence-electron chi connectivity index (χ1n) is 11.3. The summed E-state index contributed by atoms with van der Waals surface area (Å²) < 4.78 is 0. The van der Waals surface area contributed by atoms with Crippen molar-refractivity contribution in [2.75, 3.05) is 0 Å². The Morgan fingerprint density at radius 2 is 1.12 bits per heavy atom. The number of phenolic OH excluding ortho intramolecular Hbond substituents is 1. The molecule has 158 valence electrons. The Balaban J connectivity index is 1.71. The Morgan fingerprint density at radius 1 is 0.515 bits per heavy atom. The van der Waals surface area contributed by atoms with E-state index in [1.54, 1.807) is 12.1 Å². The molecular formula is C32H24O. The van der Waals surface area contributed by atoms with Crippen molar-refractivity contribution in [1.29, 1.82) is 0 Å². The molecule has 1 heteroatoms. The Kier molecular flexibility index (Phi) is 4.45. The molecule has 5 aromatic rings. The topological polar surface area (TPSA) is 20.2 Å². The summed E-state index contributed by atoms with van der Waals surface area (Å²) in [6.45, 7) is 2.12. The maximum absolute atomic E-state index is 10.1. The van der Waals surface area contributed by atoms with E-state index in [1.807, 2.05) is 0 Å². The second-order valence-corrected chi connectivity index (χ2v) is 8.83. The second-order valence-electron chi connectivity index (χ2n) is 8.83. The van der Waals surface area contributed by atoms with E-state index in [4.69, 9.17) is 0 Å². The van der Waals surface area contributed by atoms with Crippen LogP contribution in [0.2, 0.25) is 0 Å². The van der Waals surface area contributed by atoms with Gasteiger partial charge in [-0.05, 0) is 69.6 Å². The molecule has 0 aromatic heterocycles. The van der Waals surface area contributed by atoms with Crippen LogP contribution in [0.1, 0.15) is 27.8 Å². The summed E-state index contributed by atoms with van der Waals surface area (Å²) in [5, 5.41) is 10.1. The lowest BCUT2D eigenvalue weighted by Crippen LogP contribution is -2.28. The fraction of sp³-hybridized carbons (Fsp3) is 0.0625. The number of aromatic hydroxyl groups is 1. The van der Waals surface area contributed by atoms with Crippen LogP contribution in [0.3, 0.4) is 0 Å². The molecule has 0 amide bonds. The van der Waals surface area contributed by atoms with Crippen LogP contribution in [-0.4, -0.2) is 5.11 Å². The third-order valence-corrected chi connectivity index (χ3v) is 6.94. The monoisotopic (exact) mass is 424 g/mol. The van der Waals surface area contributed by atoms with Gasteiger partial charge in [0.1, 0.15) is 5.75 Å². The van der Waals surface area contributed by atoms with E-state index in [0.29, 0.717) is 0 Å². The predicted molar refractivity (Wildman–Crippen MR) is 136 cm³/mol. The van der Waals surface area contributed by atoms with Gasteiger partial charge >= 0.3 is 0 Å². The highest BCUT2D eigenvalue weighted by atomic mass is 16.3. The fourth-order valence-electron chi connectivity index (χ4n) is 5.39. The predicted octanol–water partition coefficient (Wildman–Crippen LogP) is 7.73. The quantitative estimate of drug-likeness (QED) is 0.308. The number of hydrogen-bond acceptors (Lipinski definition) is 1. The molecule has 0 fully saturated rings. The first-order valence-corrected chi connectivity index (χ1v) is 11.3. The molecule has 0 saturated carbocycles. The van der Waals surface area contributed by atoms with Crippen molar-refractivity contribution >= 4 is 0 Å². The fourth-order valence-corrected chi connectivity index (χ4v) is 5.39. The van der Waals surface area contributed by atoms with E-state index >= 15 is 0 Å². The van der Waals surface area contributed by atoms with Crippen LogP contribution in [0.5, 0.6) is 5.75 Å². The van der Waals surface area contributed by atoms with Gasteiger partial charge in [-0.15, -0.1) is 0 Å². The first-order chi connectivity index (χ1) is 16.2. The number of rotatable bonds is 3. The zero-order chi connectivity index (χ0) is 22.4. The van der Waals surface area contributed by atoms with Crippen molar-refractivity contribution in [1.82, 2.24) is 0 Å². The summed E-state index contributed by atoms with van der Waals surface area (Å²) in [5.74, 6) is 0.280. The van der Waals surface area contributed by atoms with Gasteiger partial charge in [0.25, 0.3) is 0 Å². The molecule has 1 atom stereocenters. The highest BCUT2D eigenvalue weighted by molar-refractivity contribution is 5.88. The maximum atomic E-state index is 10.1. The molecule has 0 radical (unpaired) electrons. The Hall–Kier alpha value is -4.10. The van der Waals surface area contributed by atoms with E-state index in [0.717, 1.165) is 5.56 Å². The van der Waals surface area contributed by atoms with E-state index < -0.39 is 5.41 Å². The molecule has 0 saturated heterocycles. The van der Waals surface area contributed by atoms with Gasteiger partial charge in [-0.25, -0.2) is 0 Å². The maximum Gasteiger partial charge on any atom is 0.115 e. The first kappa shape index (κ1) is 19.6. The molecule has 0 bridgehead atoms. The Bertz CT molecular complexity index is 1450. The zero-order valence-electron chi connectivity index (χ0n) is 18.5. The van der Waals surface area contributed by atoms with E-state index in [-0.39, 0.29) is 5.75 Å². The van der Waals surface area contributed by atoms with E-state index in [2.05, 4.69) is 116 Å². The number of hydrogen-bond donors (Lipinski definition) is 1. The average molecular weight is 425 g/mol. The summed E-state index contributed by atoms with van der Waals surface area (Å²) in [7, 11) is 0. The van der Waals surface area contributed by atoms with Crippen molar-refractivity contribution in [2.45, 2.75) is 12.3 Å². The lowest BCUT2D eigenvalue weighted by Gasteiger charge is -2.34. The molecule has 1 aliphatic rings. The molecule has 0 spiro atoms. The normalized spacial score (nSPS) is 16.3. The summed E-state index contributed by atoms with van der Waals surface area (Å²) in [6.07, 6.45) is 0. The van der Waals surface area contributed by atoms with Crippen LogP contribution < -0.4 is 0 Å². The van der Waals surface area contributed by atoms with Gasteiger partial charge in [-0.2, -0.15) is 0 Å². The molecule has 1 aliphatic carbocycles. The summed E-state index contributed by atoms with van der Waals surface area (Å²) in [5.41, 5.74) is 10.7. The second kappa shape index (κ2) is 7.50. The van der Waals surface area contributed by atoms with Crippen molar-refractivity contribution < 1.29 is 5.11 Å². The summed E-state index contributed by atoms with van der Waals surface area (Å²) in [4.78, 5) is 0. The van der Waals surface area contributed by atoms with Crippen molar-refractivity contribution in [2.24, 2.45) is 0 Å². The molecule has 1 unspecified atom stereocenters. The van der Waals surface area contributed by atoms with Crippen molar-refractivity contribution in [3.05, 3.63) is 149 Å². The Labute approximate surface area is 194 Å². The summed E-state index contributed by atoms with van der Waals surface area (Å²) in [6, 6.07) is 42.8. The molecule has 0 heterocycles. The molecule has 0 aliphatic heterocycles. The minimum Gasteiger partial charge on any atom is -0.508 e. The van der Waals surface area contributed by atoms with Crippen LogP contribution >= 0.6 is 0 Å². The largest absolute Gasteiger partial charge is 0.508 e. The van der Waals surface area contributed by atoms with Gasteiger partial charge in [0, 0.05) is 0 Å². The van der Waals surface area contributed by atoms with Crippen LogP contribution in [0.25, 0.3) is 22.3 Å². The number of fused-ring (bicyclic) bond motifs is 3. The summed E-state index contributed by atoms with van der Waals surface area (Å²) >= 11 is 0. The highest BCUT2D eigenvalue weighted by Gasteiger charge is 2.46. The van der Waals surface area contributed by atoms with Crippen LogP contribution in [-0.2, 0) is 5.41 Å². The van der Waals surface area contributed by atoms with E-state index in [1.165, 1.54) is 44.5 Å². The van der Waals surface area contributed by atoms with Crippen molar-refractivity contribution in [3.63, 3.8) is 0 Å². The van der Waals surface area contributed by atoms with Gasteiger partial charge in [0.05, 0.1) is 5.41 Å². The van der Waals surface area contributed by atoms with Gasteiger partial charge < -0.3 is 5.11 Å². The van der Waals surface area contributed by atoms with Crippen LogP contribution in [0, 0.1) is 6.92 Å². The highest BCUT2D eigenvalue weighted by Crippen LogP contribution is 2.56. The minimum absolute atomic E-state index is 0.280. The average Bonchev–Trinajstić information content (AvgIpc) is 3.16. The van der Waals surface area contributed by atoms with Gasteiger partial charge in [-0.3, -0.25) is 0 Å². The van der Waals surface area contributed by atoms with Crippen LogP contribution in [0.4, 0.5) is 0 Å². The standard InChI is InChI=1S/C32H24O/c1-22-11-13-23(14-12-22)24-15-20-29-28-9-5-6-10-30(28)32(31(29)21-24,25-7-3-2-4-8-25)26-16-18-27(33)19-17-26/h2-21,33H,1H3. The number of benzene rings is 5. The lowest BCUT2D eigenvalue weighted by molar-refractivity contribution is 0.475. The van der Waals surface area contributed by atoms with Gasteiger partial charge in [0.2, 0.25) is 0 Å². The minimum atomic E-state index is -0.457. The SMILES string of the molecule is Cc1ccc(-c2ccc3c(c2)C(c2ccccc2)(c2ccc(O)cc2)c2ccccc2-3)cc1.